The highest BCUT2D eigenvalue weighted by Crippen LogP contribution is 2.15. The summed E-state index contributed by atoms with van der Waals surface area (Å²) in [5.74, 6) is 0.811. The summed E-state index contributed by atoms with van der Waals surface area (Å²) in [5.41, 5.74) is 0.962. The van der Waals surface area contributed by atoms with Gasteiger partial charge in [0, 0.05) is 39.3 Å². The number of amides is 1. The van der Waals surface area contributed by atoms with Crippen molar-refractivity contribution in [3.63, 3.8) is 0 Å². The largest absolute Gasteiger partial charge is 0.389 e. The highest BCUT2D eigenvalue weighted by molar-refractivity contribution is 5.73. The SMILES string of the molecule is C=Cc1ccc(N2CCN(C(C)=O)C[C@H](O)C2)nc1. The van der Waals surface area contributed by atoms with Crippen molar-refractivity contribution in [3.8, 4) is 0 Å². The molecule has 5 heteroatoms. The molecule has 1 aliphatic rings. The summed E-state index contributed by atoms with van der Waals surface area (Å²) in [6.45, 7) is 7.38. The molecule has 2 heterocycles. The second-order valence-electron chi connectivity index (χ2n) is 4.72. The lowest BCUT2D eigenvalue weighted by Crippen LogP contribution is -2.36. The fourth-order valence-electron chi connectivity index (χ4n) is 2.19. The number of nitrogens with zero attached hydrogens (tertiary/aromatic N) is 3. The van der Waals surface area contributed by atoms with Gasteiger partial charge in [0.05, 0.1) is 6.10 Å². The summed E-state index contributed by atoms with van der Waals surface area (Å²) < 4.78 is 0. The lowest BCUT2D eigenvalue weighted by Gasteiger charge is -2.22. The zero-order valence-corrected chi connectivity index (χ0v) is 11.1. The van der Waals surface area contributed by atoms with Crippen molar-refractivity contribution in [2.24, 2.45) is 0 Å². The molecule has 1 atom stereocenters. The van der Waals surface area contributed by atoms with Gasteiger partial charge in [-0.25, -0.2) is 4.98 Å². The number of aromatic nitrogens is 1. The predicted molar refractivity (Wildman–Crippen MR) is 74.8 cm³/mol. The Labute approximate surface area is 113 Å². The van der Waals surface area contributed by atoms with E-state index >= 15 is 0 Å². The third kappa shape index (κ3) is 3.32. The Kier molecular flexibility index (Phi) is 4.16. The normalized spacial score (nSPS) is 20.0. The quantitative estimate of drug-likeness (QED) is 0.853. The Morgan fingerprint density at radius 2 is 2.26 bits per heavy atom. The highest BCUT2D eigenvalue weighted by atomic mass is 16.3. The Bertz CT molecular complexity index is 458. The summed E-state index contributed by atoms with van der Waals surface area (Å²) in [4.78, 5) is 19.4. The van der Waals surface area contributed by atoms with Crippen LogP contribution in [0.25, 0.3) is 6.08 Å². The van der Waals surface area contributed by atoms with Crippen molar-refractivity contribution in [2.45, 2.75) is 13.0 Å². The van der Waals surface area contributed by atoms with E-state index in [2.05, 4.69) is 11.6 Å². The van der Waals surface area contributed by atoms with E-state index < -0.39 is 6.10 Å². The Morgan fingerprint density at radius 3 is 2.84 bits per heavy atom. The number of carbonyl (C=O) groups excluding carboxylic acids is 1. The topological polar surface area (TPSA) is 56.7 Å². The number of aliphatic hydroxyl groups excluding tert-OH is 1. The van der Waals surface area contributed by atoms with Gasteiger partial charge >= 0.3 is 0 Å². The van der Waals surface area contributed by atoms with Gasteiger partial charge in [0.15, 0.2) is 0 Å². The number of rotatable bonds is 2. The first kappa shape index (κ1) is 13.5. The molecule has 1 amide bonds. The third-order valence-corrected chi connectivity index (χ3v) is 3.28. The molecular formula is C14H19N3O2. The standard InChI is InChI=1S/C14H19N3O2/c1-3-12-4-5-14(15-8-12)17-7-6-16(11(2)18)9-13(19)10-17/h3-5,8,13,19H,1,6-7,9-10H2,2H3/t13-/m0/s1. The van der Waals surface area contributed by atoms with E-state index in [0.29, 0.717) is 26.2 Å². The highest BCUT2D eigenvalue weighted by Gasteiger charge is 2.23. The van der Waals surface area contributed by atoms with E-state index in [9.17, 15) is 9.90 Å². The van der Waals surface area contributed by atoms with Gasteiger partial charge in [-0.2, -0.15) is 0 Å². The van der Waals surface area contributed by atoms with Crippen molar-refractivity contribution >= 4 is 17.8 Å². The predicted octanol–water partition coefficient (Wildman–Crippen LogP) is 0.754. The maximum atomic E-state index is 11.4. The monoisotopic (exact) mass is 261 g/mol. The number of anilines is 1. The summed E-state index contributed by atoms with van der Waals surface area (Å²) in [5, 5.41) is 9.96. The summed E-state index contributed by atoms with van der Waals surface area (Å²) >= 11 is 0. The zero-order valence-electron chi connectivity index (χ0n) is 11.1. The number of β-amino-alcohol motifs (C(OH)–C–C–N with tert-alkyl or cyclic N) is 1. The average molecular weight is 261 g/mol. The Hall–Kier alpha value is -1.88. The maximum absolute atomic E-state index is 11.4. The maximum Gasteiger partial charge on any atom is 0.219 e. The molecule has 1 aromatic heterocycles. The van der Waals surface area contributed by atoms with Gasteiger partial charge in [-0.1, -0.05) is 12.7 Å². The lowest BCUT2D eigenvalue weighted by molar-refractivity contribution is -0.129. The van der Waals surface area contributed by atoms with Gasteiger partial charge in [-0.05, 0) is 17.7 Å². The zero-order chi connectivity index (χ0) is 13.8. The van der Waals surface area contributed by atoms with Crippen LogP contribution in [0.2, 0.25) is 0 Å². The van der Waals surface area contributed by atoms with E-state index in [4.69, 9.17) is 0 Å². The van der Waals surface area contributed by atoms with Gasteiger partial charge in [0.25, 0.3) is 0 Å². The number of hydrogen-bond acceptors (Lipinski definition) is 4. The lowest BCUT2D eigenvalue weighted by atomic mass is 10.2. The van der Waals surface area contributed by atoms with Crippen LogP contribution in [0.1, 0.15) is 12.5 Å². The van der Waals surface area contributed by atoms with Crippen LogP contribution in [0.15, 0.2) is 24.9 Å². The molecule has 5 nitrogen and oxygen atoms in total. The van der Waals surface area contributed by atoms with Crippen LogP contribution in [-0.2, 0) is 4.79 Å². The average Bonchev–Trinajstić information content (AvgIpc) is 2.61. The molecule has 102 valence electrons. The minimum absolute atomic E-state index is 0.00383. The number of aliphatic hydroxyl groups is 1. The molecule has 0 unspecified atom stereocenters. The van der Waals surface area contributed by atoms with Crippen LogP contribution < -0.4 is 4.90 Å². The molecule has 2 rings (SSSR count). The first-order valence-electron chi connectivity index (χ1n) is 6.37. The third-order valence-electron chi connectivity index (χ3n) is 3.28. The smallest absolute Gasteiger partial charge is 0.219 e. The van der Waals surface area contributed by atoms with Crippen molar-refractivity contribution in [3.05, 3.63) is 30.5 Å². The number of hydrogen-bond donors (Lipinski definition) is 1. The van der Waals surface area contributed by atoms with E-state index in [1.165, 1.54) is 6.92 Å². The molecule has 0 aliphatic carbocycles. The first-order valence-corrected chi connectivity index (χ1v) is 6.37. The van der Waals surface area contributed by atoms with Gasteiger partial charge in [0.1, 0.15) is 5.82 Å². The summed E-state index contributed by atoms with van der Waals surface area (Å²) in [6, 6.07) is 3.85. The molecule has 0 saturated carbocycles. The van der Waals surface area contributed by atoms with Crippen molar-refractivity contribution in [1.82, 2.24) is 9.88 Å². The molecule has 0 spiro atoms. The second-order valence-corrected chi connectivity index (χ2v) is 4.72. The second kappa shape index (κ2) is 5.84. The van der Waals surface area contributed by atoms with Crippen molar-refractivity contribution < 1.29 is 9.90 Å². The molecule has 0 bridgehead atoms. The molecule has 1 aliphatic heterocycles. The van der Waals surface area contributed by atoms with Crippen LogP contribution in [0.4, 0.5) is 5.82 Å². The summed E-state index contributed by atoms with van der Waals surface area (Å²) in [7, 11) is 0. The Balaban J connectivity index is 2.11. The molecule has 19 heavy (non-hydrogen) atoms. The van der Waals surface area contributed by atoms with E-state index in [-0.39, 0.29) is 5.91 Å². The van der Waals surface area contributed by atoms with Gasteiger partial charge in [-0.3, -0.25) is 4.79 Å². The first-order chi connectivity index (χ1) is 9.10. The van der Waals surface area contributed by atoms with Crippen LogP contribution in [0, 0.1) is 0 Å². The molecular weight excluding hydrogens is 242 g/mol. The minimum atomic E-state index is -0.549. The van der Waals surface area contributed by atoms with Crippen LogP contribution in [-0.4, -0.2) is 53.2 Å². The van der Waals surface area contributed by atoms with Crippen LogP contribution in [0.3, 0.4) is 0 Å². The fourth-order valence-corrected chi connectivity index (χ4v) is 2.19. The number of carbonyl (C=O) groups is 1. The van der Waals surface area contributed by atoms with E-state index in [1.54, 1.807) is 17.2 Å². The van der Waals surface area contributed by atoms with Crippen molar-refractivity contribution in [2.75, 3.05) is 31.1 Å². The van der Waals surface area contributed by atoms with E-state index in [0.717, 1.165) is 11.4 Å². The molecule has 1 saturated heterocycles. The fraction of sp³-hybridized carbons (Fsp3) is 0.429. The molecule has 0 aromatic carbocycles. The molecule has 1 fully saturated rings. The summed E-state index contributed by atoms with van der Waals surface area (Å²) in [6.07, 6.45) is 2.95. The molecule has 0 radical (unpaired) electrons. The molecule has 1 aromatic rings. The molecule has 1 N–H and O–H groups in total. The van der Waals surface area contributed by atoms with Crippen LogP contribution >= 0.6 is 0 Å². The van der Waals surface area contributed by atoms with E-state index in [1.807, 2.05) is 17.0 Å². The Morgan fingerprint density at radius 1 is 1.47 bits per heavy atom. The minimum Gasteiger partial charge on any atom is -0.389 e. The van der Waals surface area contributed by atoms with Crippen LogP contribution in [0.5, 0.6) is 0 Å². The van der Waals surface area contributed by atoms with Gasteiger partial charge in [0.2, 0.25) is 5.91 Å². The van der Waals surface area contributed by atoms with Crippen molar-refractivity contribution in [1.29, 1.82) is 0 Å². The number of pyridine rings is 1. The van der Waals surface area contributed by atoms with Gasteiger partial charge < -0.3 is 14.9 Å². The van der Waals surface area contributed by atoms with Gasteiger partial charge in [-0.15, -0.1) is 0 Å².